The van der Waals surface area contributed by atoms with Crippen LogP contribution in [0.3, 0.4) is 0 Å². The summed E-state index contributed by atoms with van der Waals surface area (Å²) in [6.07, 6.45) is 0.754. The minimum atomic E-state index is -0.814. The zero-order valence-electron chi connectivity index (χ0n) is 19.6. The second-order valence-corrected chi connectivity index (χ2v) is 8.55. The van der Waals surface area contributed by atoms with E-state index in [4.69, 9.17) is 4.98 Å². The van der Waals surface area contributed by atoms with E-state index in [-0.39, 0.29) is 23.3 Å². The number of aromatic nitrogens is 2. The maximum atomic E-state index is 14.0. The number of carbonyl (C=O) groups excluding carboxylic acids is 1. The molecular weight excluding hydrogens is 440 g/mol. The summed E-state index contributed by atoms with van der Waals surface area (Å²) >= 11 is 0. The number of para-hydroxylation sites is 1. The van der Waals surface area contributed by atoms with Gasteiger partial charge in [0.25, 0.3) is 5.56 Å². The van der Waals surface area contributed by atoms with Crippen molar-refractivity contribution in [1.29, 1.82) is 0 Å². The van der Waals surface area contributed by atoms with Gasteiger partial charge in [-0.2, -0.15) is 0 Å². The molecule has 2 unspecified atom stereocenters. The van der Waals surface area contributed by atoms with Gasteiger partial charge < -0.3 is 10.2 Å². The topological polar surface area (TPSA) is 70.5 Å². The van der Waals surface area contributed by atoms with Crippen molar-refractivity contribution >= 4 is 22.6 Å². The van der Waals surface area contributed by atoms with Crippen molar-refractivity contribution < 1.29 is 13.6 Å². The number of halogens is 2. The third-order valence-corrected chi connectivity index (χ3v) is 6.43. The van der Waals surface area contributed by atoms with Gasteiger partial charge in [-0.3, -0.25) is 14.3 Å². The van der Waals surface area contributed by atoms with Gasteiger partial charge >= 0.3 is 6.03 Å². The maximum Gasteiger partial charge on any atom is 0.322 e. The Morgan fingerprint density at radius 3 is 2.62 bits per heavy atom. The fourth-order valence-electron chi connectivity index (χ4n) is 4.70. The zero-order valence-corrected chi connectivity index (χ0v) is 19.6. The summed E-state index contributed by atoms with van der Waals surface area (Å²) in [6, 6.07) is 9.75. The zero-order chi connectivity index (χ0) is 24.4. The Bertz CT molecular complexity index is 1260. The number of carbonyl (C=O) groups is 1. The Labute approximate surface area is 197 Å². The third kappa shape index (κ3) is 4.52. The van der Waals surface area contributed by atoms with Crippen molar-refractivity contribution in [1.82, 2.24) is 19.4 Å². The SMILES string of the molecule is CCC(c1nc2ccccc2c(=O)n1CC)N1CCN(C(=O)Nc2ccc(F)cc2F)C(C)C1. The maximum absolute atomic E-state index is 14.0. The summed E-state index contributed by atoms with van der Waals surface area (Å²) < 4.78 is 28.9. The Balaban J connectivity index is 1.54. The molecule has 34 heavy (non-hydrogen) atoms. The Morgan fingerprint density at radius 1 is 1.18 bits per heavy atom. The molecule has 4 rings (SSSR count). The van der Waals surface area contributed by atoms with Crippen LogP contribution in [0.25, 0.3) is 10.9 Å². The van der Waals surface area contributed by atoms with Crippen molar-refractivity contribution in [3.8, 4) is 0 Å². The lowest BCUT2D eigenvalue weighted by atomic mass is 10.1. The first-order chi connectivity index (χ1) is 16.3. The highest BCUT2D eigenvalue weighted by atomic mass is 19.1. The van der Waals surface area contributed by atoms with E-state index < -0.39 is 17.7 Å². The predicted octanol–water partition coefficient (Wildman–Crippen LogP) is 4.38. The van der Waals surface area contributed by atoms with Gasteiger partial charge in [-0.15, -0.1) is 0 Å². The number of benzene rings is 2. The molecule has 0 bridgehead atoms. The van der Waals surface area contributed by atoms with Crippen molar-refractivity contribution in [3.05, 3.63) is 70.3 Å². The first-order valence-electron chi connectivity index (χ1n) is 11.6. The first kappa shape index (κ1) is 23.8. The highest BCUT2D eigenvalue weighted by molar-refractivity contribution is 5.89. The van der Waals surface area contributed by atoms with Crippen LogP contribution in [0.5, 0.6) is 0 Å². The Hall–Kier alpha value is -3.33. The number of rotatable bonds is 5. The van der Waals surface area contributed by atoms with E-state index in [0.29, 0.717) is 37.1 Å². The average Bonchev–Trinajstić information content (AvgIpc) is 2.81. The van der Waals surface area contributed by atoms with Gasteiger partial charge in [0.15, 0.2) is 0 Å². The van der Waals surface area contributed by atoms with Crippen LogP contribution < -0.4 is 10.9 Å². The number of piperazine rings is 1. The van der Waals surface area contributed by atoms with Crippen LogP contribution in [0.4, 0.5) is 19.3 Å². The summed E-state index contributed by atoms with van der Waals surface area (Å²) in [5.41, 5.74) is 0.576. The van der Waals surface area contributed by atoms with Crippen molar-refractivity contribution in [3.63, 3.8) is 0 Å². The van der Waals surface area contributed by atoms with Crippen molar-refractivity contribution in [2.45, 2.75) is 45.8 Å². The molecule has 1 N–H and O–H groups in total. The average molecular weight is 470 g/mol. The number of nitrogens with zero attached hydrogens (tertiary/aromatic N) is 4. The Kier molecular flexibility index (Phi) is 6.92. The molecule has 3 aromatic rings. The molecule has 1 saturated heterocycles. The molecule has 2 aromatic carbocycles. The largest absolute Gasteiger partial charge is 0.322 e. The molecule has 1 aliphatic heterocycles. The quantitative estimate of drug-likeness (QED) is 0.602. The van der Waals surface area contributed by atoms with E-state index in [1.165, 1.54) is 6.07 Å². The molecular formula is C25H29F2N5O2. The number of amides is 2. The van der Waals surface area contributed by atoms with Crippen LogP contribution in [0.2, 0.25) is 0 Å². The lowest BCUT2D eigenvalue weighted by Crippen LogP contribution is -2.56. The van der Waals surface area contributed by atoms with Gasteiger partial charge in [0, 0.05) is 38.3 Å². The lowest BCUT2D eigenvalue weighted by molar-refractivity contribution is 0.0718. The number of anilines is 1. The van der Waals surface area contributed by atoms with Gasteiger partial charge in [-0.05, 0) is 44.5 Å². The van der Waals surface area contributed by atoms with E-state index in [0.717, 1.165) is 24.4 Å². The summed E-state index contributed by atoms with van der Waals surface area (Å²) in [7, 11) is 0. The molecule has 9 heteroatoms. The van der Waals surface area contributed by atoms with E-state index >= 15 is 0 Å². The Morgan fingerprint density at radius 2 is 1.94 bits per heavy atom. The van der Waals surface area contributed by atoms with Gasteiger partial charge in [0.05, 0.1) is 22.6 Å². The molecule has 0 aliphatic carbocycles. The molecule has 180 valence electrons. The normalized spacial score (nSPS) is 17.7. The van der Waals surface area contributed by atoms with Crippen LogP contribution in [-0.2, 0) is 6.54 Å². The summed E-state index contributed by atoms with van der Waals surface area (Å²) in [5.74, 6) is -0.784. The van der Waals surface area contributed by atoms with Crippen molar-refractivity contribution in [2.24, 2.45) is 0 Å². The van der Waals surface area contributed by atoms with E-state index in [1.54, 1.807) is 15.5 Å². The summed E-state index contributed by atoms with van der Waals surface area (Å²) in [4.78, 5) is 34.7. The van der Waals surface area contributed by atoms with E-state index in [2.05, 4.69) is 17.1 Å². The fourth-order valence-corrected chi connectivity index (χ4v) is 4.70. The number of fused-ring (bicyclic) bond motifs is 1. The molecule has 1 fully saturated rings. The highest BCUT2D eigenvalue weighted by Gasteiger charge is 2.33. The smallest absolute Gasteiger partial charge is 0.319 e. The van der Waals surface area contributed by atoms with Gasteiger partial charge in [0.1, 0.15) is 17.5 Å². The van der Waals surface area contributed by atoms with Crippen LogP contribution in [0, 0.1) is 11.6 Å². The van der Waals surface area contributed by atoms with Crippen LogP contribution >= 0.6 is 0 Å². The van der Waals surface area contributed by atoms with Gasteiger partial charge in [-0.1, -0.05) is 19.1 Å². The number of urea groups is 1. The molecule has 0 radical (unpaired) electrons. The third-order valence-electron chi connectivity index (χ3n) is 6.43. The number of hydrogen-bond acceptors (Lipinski definition) is 4. The molecule has 2 heterocycles. The van der Waals surface area contributed by atoms with Crippen LogP contribution in [0.1, 0.15) is 39.1 Å². The monoisotopic (exact) mass is 469 g/mol. The molecule has 0 saturated carbocycles. The number of hydrogen-bond donors (Lipinski definition) is 1. The van der Waals surface area contributed by atoms with Crippen molar-refractivity contribution in [2.75, 3.05) is 25.0 Å². The minimum Gasteiger partial charge on any atom is -0.319 e. The fraction of sp³-hybridized carbons (Fsp3) is 0.400. The lowest BCUT2D eigenvalue weighted by Gasteiger charge is -2.43. The van der Waals surface area contributed by atoms with Gasteiger partial charge in [0.2, 0.25) is 0 Å². The second-order valence-electron chi connectivity index (χ2n) is 8.55. The summed E-state index contributed by atoms with van der Waals surface area (Å²) in [6.45, 7) is 8.03. The first-order valence-corrected chi connectivity index (χ1v) is 11.6. The molecule has 1 aromatic heterocycles. The highest BCUT2D eigenvalue weighted by Crippen LogP contribution is 2.27. The molecule has 7 nitrogen and oxygen atoms in total. The molecule has 2 atom stereocenters. The standard InChI is InChI=1S/C25H29F2N5O2/c1-4-22(23-28-20-9-7-6-8-18(20)24(33)31(23)5-2)30-12-13-32(16(3)15-30)25(34)29-21-11-10-17(26)14-19(21)27/h6-11,14,16,22H,4-5,12-13,15H2,1-3H3,(H,29,34). The van der Waals surface area contributed by atoms with E-state index in [1.807, 2.05) is 32.0 Å². The minimum absolute atomic E-state index is 0.0473. The van der Waals surface area contributed by atoms with Crippen LogP contribution in [-0.4, -0.2) is 51.1 Å². The predicted molar refractivity (Wildman–Crippen MR) is 128 cm³/mol. The number of nitrogens with one attached hydrogen (secondary N) is 1. The second kappa shape index (κ2) is 9.89. The van der Waals surface area contributed by atoms with Crippen LogP contribution in [0.15, 0.2) is 47.3 Å². The molecule has 1 aliphatic rings. The molecule has 2 amide bonds. The van der Waals surface area contributed by atoms with Gasteiger partial charge in [-0.25, -0.2) is 18.6 Å². The summed E-state index contributed by atoms with van der Waals surface area (Å²) in [5, 5.41) is 3.14. The molecule has 0 spiro atoms. The van der Waals surface area contributed by atoms with E-state index in [9.17, 15) is 18.4 Å².